The van der Waals surface area contributed by atoms with E-state index in [1.807, 2.05) is 0 Å². The highest BCUT2D eigenvalue weighted by molar-refractivity contribution is 6.18. The summed E-state index contributed by atoms with van der Waals surface area (Å²) in [5, 5.41) is 0. The van der Waals surface area contributed by atoms with E-state index >= 15 is 0 Å². The van der Waals surface area contributed by atoms with E-state index in [4.69, 9.17) is 11.6 Å². The molecule has 0 aromatic heterocycles. The first-order valence-corrected chi connectivity index (χ1v) is 4.61. The van der Waals surface area contributed by atoms with Crippen molar-refractivity contribution in [3.63, 3.8) is 0 Å². The maximum atomic E-state index is 13.0. The summed E-state index contributed by atoms with van der Waals surface area (Å²) < 4.78 is 13.0. The minimum absolute atomic E-state index is 0.00886. The van der Waals surface area contributed by atoms with Crippen LogP contribution in [0.4, 0.5) is 4.39 Å². The van der Waals surface area contributed by atoms with Gasteiger partial charge in [0.1, 0.15) is 5.82 Å². The molecule has 0 atom stereocenters. The normalized spacial score (nSPS) is 9.00. The molecular formula is C11H8ClFO. The van der Waals surface area contributed by atoms with Crippen molar-refractivity contribution in [2.45, 2.75) is 6.42 Å². The zero-order valence-corrected chi connectivity index (χ0v) is 8.14. The monoisotopic (exact) mass is 210 g/mol. The van der Waals surface area contributed by atoms with Gasteiger partial charge in [0.15, 0.2) is 6.29 Å². The van der Waals surface area contributed by atoms with Gasteiger partial charge in [-0.1, -0.05) is 17.9 Å². The predicted molar refractivity (Wildman–Crippen MR) is 54.0 cm³/mol. The van der Waals surface area contributed by atoms with Gasteiger partial charge in [-0.05, 0) is 12.1 Å². The lowest BCUT2D eigenvalue weighted by Gasteiger charge is -1.96. The third-order valence-electron chi connectivity index (χ3n) is 1.61. The molecule has 0 amide bonds. The molecule has 1 aromatic rings. The molecule has 0 bridgehead atoms. The van der Waals surface area contributed by atoms with Gasteiger partial charge in [0.2, 0.25) is 0 Å². The van der Waals surface area contributed by atoms with Gasteiger partial charge in [0, 0.05) is 17.9 Å². The van der Waals surface area contributed by atoms with Gasteiger partial charge < -0.3 is 0 Å². The van der Waals surface area contributed by atoms with Crippen LogP contribution < -0.4 is 0 Å². The lowest BCUT2D eigenvalue weighted by Crippen LogP contribution is -1.92. The van der Waals surface area contributed by atoms with Crippen molar-refractivity contribution < 1.29 is 9.18 Å². The summed E-state index contributed by atoms with van der Waals surface area (Å²) in [5.74, 6) is 5.33. The Morgan fingerprint density at radius 1 is 1.50 bits per heavy atom. The van der Waals surface area contributed by atoms with E-state index in [0.29, 0.717) is 24.2 Å². The highest BCUT2D eigenvalue weighted by Crippen LogP contribution is 2.09. The Kier molecular flexibility index (Phi) is 4.15. The van der Waals surface area contributed by atoms with Crippen molar-refractivity contribution in [3.05, 3.63) is 35.1 Å². The van der Waals surface area contributed by atoms with Crippen LogP contribution in [0.5, 0.6) is 0 Å². The molecule has 0 heterocycles. The van der Waals surface area contributed by atoms with Crippen LogP contribution in [0.1, 0.15) is 22.3 Å². The van der Waals surface area contributed by atoms with E-state index in [9.17, 15) is 9.18 Å². The summed E-state index contributed by atoms with van der Waals surface area (Å²) >= 11 is 5.43. The van der Waals surface area contributed by atoms with Crippen LogP contribution in [0.3, 0.4) is 0 Å². The molecule has 0 saturated heterocycles. The van der Waals surface area contributed by atoms with Gasteiger partial charge in [-0.15, -0.1) is 11.6 Å². The van der Waals surface area contributed by atoms with E-state index in [1.54, 1.807) is 6.07 Å². The molecule has 0 aliphatic carbocycles. The van der Waals surface area contributed by atoms with Crippen molar-refractivity contribution in [1.82, 2.24) is 0 Å². The minimum atomic E-state index is -0.544. The van der Waals surface area contributed by atoms with Crippen LogP contribution in [0, 0.1) is 17.7 Å². The van der Waals surface area contributed by atoms with E-state index in [1.165, 1.54) is 12.1 Å². The van der Waals surface area contributed by atoms with Crippen molar-refractivity contribution in [2.24, 2.45) is 0 Å². The Labute approximate surface area is 86.9 Å². The van der Waals surface area contributed by atoms with Crippen molar-refractivity contribution >= 4 is 17.9 Å². The summed E-state index contributed by atoms with van der Waals surface area (Å²) in [4.78, 5) is 10.5. The Balaban J connectivity index is 3.04. The standard InChI is InChI=1S/C11H8ClFO/c12-7-2-1-4-9-5-3-6-11(13)10(9)8-14/h3,5-6,8H,2,7H2. The third kappa shape index (κ3) is 2.58. The van der Waals surface area contributed by atoms with Crippen LogP contribution in [-0.2, 0) is 0 Å². The Hall–Kier alpha value is -1.33. The molecule has 14 heavy (non-hydrogen) atoms. The number of benzene rings is 1. The molecule has 0 N–H and O–H groups in total. The van der Waals surface area contributed by atoms with E-state index < -0.39 is 5.82 Å². The molecular weight excluding hydrogens is 203 g/mol. The fraction of sp³-hybridized carbons (Fsp3) is 0.182. The second kappa shape index (κ2) is 5.41. The molecule has 1 aromatic carbocycles. The fourth-order valence-electron chi connectivity index (χ4n) is 0.971. The van der Waals surface area contributed by atoms with Gasteiger partial charge in [-0.3, -0.25) is 4.79 Å². The van der Waals surface area contributed by atoms with Gasteiger partial charge in [0.25, 0.3) is 0 Å². The van der Waals surface area contributed by atoms with E-state index in [2.05, 4.69) is 11.8 Å². The van der Waals surface area contributed by atoms with Crippen molar-refractivity contribution in [2.75, 3.05) is 5.88 Å². The van der Waals surface area contributed by atoms with Crippen LogP contribution in [0.15, 0.2) is 18.2 Å². The summed E-state index contributed by atoms with van der Waals surface area (Å²) in [6, 6.07) is 4.36. The minimum Gasteiger partial charge on any atom is -0.298 e. The predicted octanol–water partition coefficient (Wildman–Crippen LogP) is 2.62. The molecule has 0 unspecified atom stereocenters. The number of alkyl halides is 1. The molecule has 0 fully saturated rings. The number of aldehydes is 1. The lowest BCUT2D eigenvalue weighted by molar-refractivity contribution is 0.111. The summed E-state index contributed by atoms with van der Waals surface area (Å²) in [6.07, 6.45) is 0.996. The quantitative estimate of drug-likeness (QED) is 0.417. The number of hydrogen-bond donors (Lipinski definition) is 0. The number of halogens is 2. The lowest BCUT2D eigenvalue weighted by atomic mass is 10.1. The SMILES string of the molecule is O=Cc1c(F)cccc1C#CCCCl. The highest BCUT2D eigenvalue weighted by Gasteiger charge is 2.03. The molecule has 1 nitrogen and oxygen atoms in total. The van der Waals surface area contributed by atoms with Gasteiger partial charge >= 0.3 is 0 Å². The Bertz CT molecular complexity index is 390. The fourth-order valence-corrected chi connectivity index (χ4v) is 1.07. The second-order valence-corrected chi connectivity index (χ2v) is 2.94. The molecule has 0 radical (unpaired) electrons. The van der Waals surface area contributed by atoms with Gasteiger partial charge in [0.05, 0.1) is 5.56 Å². The number of carbonyl (C=O) groups is 1. The topological polar surface area (TPSA) is 17.1 Å². The first kappa shape index (κ1) is 10.7. The second-order valence-electron chi connectivity index (χ2n) is 2.56. The molecule has 0 saturated carbocycles. The molecule has 0 aliphatic rings. The number of carbonyl (C=O) groups excluding carboxylic acids is 1. The zero-order chi connectivity index (χ0) is 10.4. The van der Waals surface area contributed by atoms with Crippen molar-refractivity contribution in [1.29, 1.82) is 0 Å². The molecule has 1 rings (SSSR count). The first-order valence-electron chi connectivity index (χ1n) is 4.08. The van der Waals surface area contributed by atoms with Crippen LogP contribution >= 0.6 is 11.6 Å². The first-order chi connectivity index (χ1) is 6.79. The Morgan fingerprint density at radius 3 is 2.93 bits per heavy atom. The van der Waals surface area contributed by atoms with Gasteiger partial charge in [-0.25, -0.2) is 4.39 Å². The maximum Gasteiger partial charge on any atom is 0.154 e. The number of hydrogen-bond acceptors (Lipinski definition) is 1. The van der Waals surface area contributed by atoms with Crippen LogP contribution in [0.25, 0.3) is 0 Å². The largest absolute Gasteiger partial charge is 0.298 e. The van der Waals surface area contributed by atoms with E-state index in [0.717, 1.165) is 0 Å². The summed E-state index contributed by atoms with van der Waals surface area (Å²) in [7, 11) is 0. The van der Waals surface area contributed by atoms with Gasteiger partial charge in [-0.2, -0.15) is 0 Å². The maximum absolute atomic E-state index is 13.0. The third-order valence-corrected chi connectivity index (χ3v) is 1.80. The molecule has 0 spiro atoms. The molecule has 72 valence electrons. The summed E-state index contributed by atoms with van der Waals surface area (Å²) in [5.41, 5.74) is 0.416. The number of rotatable bonds is 2. The average molecular weight is 211 g/mol. The van der Waals surface area contributed by atoms with E-state index in [-0.39, 0.29) is 5.56 Å². The molecule has 0 aliphatic heterocycles. The smallest absolute Gasteiger partial charge is 0.154 e. The Morgan fingerprint density at radius 2 is 2.29 bits per heavy atom. The van der Waals surface area contributed by atoms with Crippen LogP contribution in [0.2, 0.25) is 0 Å². The summed E-state index contributed by atoms with van der Waals surface area (Å²) in [6.45, 7) is 0. The van der Waals surface area contributed by atoms with Crippen molar-refractivity contribution in [3.8, 4) is 11.8 Å². The highest BCUT2D eigenvalue weighted by atomic mass is 35.5. The zero-order valence-electron chi connectivity index (χ0n) is 7.39. The molecule has 3 heteroatoms. The average Bonchev–Trinajstić information content (AvgIpc) is 2.18. The van der Waals surface area contributed by atoms with Crippen LogP contribution in [-0.4, -0.2) is 12.2 Å².